The van der Waals surface area contributed by atoms with Gasteiger partial charge in [-0.1, -0.05) is 67.9 Å². The monoisotopic (exact) mass is 535 g/mol. The number of hydrogen-bond donors (Lipinski definition) is 0. The number of ether oxygens (including phenoxy) is 3. The average molecular weight is 536 g/mol. The van der Waals surface area contributed by atoms with Crippen molar-refractivity contribution in [1.82, 2.24) is 4.57 Å². The summed E-state index contributed by atoms with van der Waals surface area (Å²) in [6.07, 6.45) is 4.46. The fourth-order valence-electron chi connectivity index (χ4n) is 5.00. The van der Waals surface area contributed by atoms with E-state index in [0.29, 0.717) is 30.8 Å². The first-order valence-electron chi connectivity index (χ1n) is 13.6. The molecule has 0 unspecified atom stereocenters. The van der Waals surface area contributed by atoms with E-state index in [4.69, 9.17) is 14.2 Å². The van der Waals surface area contributed by atoms with Gasteiger partial charge in [0.1, 0.15) is 18.0 Å². The Morgan fingerprint density at radius 2 is 1.57 bits per heavy atom. The second-order valence-corrected chi connectivity index (χ2v) is 9.68. The van der Waals surface area contributed by atoms with Gasteiger partial charge in [0.15, 0.2) is 5.78 Å². The zero-order valence-electron chi connectivity index (χ0n) is 22.9. The molecule has 0 aliphatic rings. The minimum Gasteiger partial charge on any atom is -0.493 e. The summed E-state index contributed by atoms with van der Waals surface area (Å²) in [6.45, 7) is 3.34. The van der Waals surface area contributed by atoms with Crippen LogP contribution in [0, 0.1) is 0 Å². The van der Waals surface area contributed by atoms with E-state index >= 15 is 0 Å². The Kier molecular flexibility index (Phi) is 8.45. The Bertz CT molecular complexity index is 1640. The van der Waals surface area contributed by atoms with Crippen molar-refractivity contribution < 1.29 is 23.8 Å². The quantitative estimate of drug-likeness (QED) is 0.0978. The molecule has 1 aromatic heterocycles. The van der Waals surface area contributed by atoms with Crippen LogP contribution in [0.4, 0.5) is 0 Å². The number of carbonyl (C=O) groups excluding carboxylic acids is 2. The number of carbonyl (C=O) groups is 2. The minimum absolute atomic E-state index is 0.0237. The van der Waals surface area contributed by atoms with Gasteiger partial charge in [0.25, 0.3) is 0 Å². The SMILES string of the molecule is CCCc1c(OCCCOc2cccc3c2ccn3CC(=O)OC)ccc2cc(C(=O)c3ccccc3)ccc12. The second kappa shape index (κ2) is 12.5. The largest absolute Gasteiger partial charge is 0.493 e. The molecule has 0 N–H and O–H groups in total. The molecule has 204 valence electrons. The molecule has 5 rings (SSSR count). The van der Waals surface area contributed by atoms with Crippen LogP contribution in [0.3, 0.4) is 0 Å². The van der Waals surface area contributed by atoms with Gasteiger partial charge in [0.2, 0.25) is 0 Å². The molecule has 0 aliphatic heterocycles. The first-order valence-corrected chi connectivity index (χ1v) is 13.6. The molecule has 6 nitrogen and oxygen atoms in total. The number of hydrogen-bond acceptors (Lipinski definition) is 5. The van der Waals surface area contributed by atoms with Crippen LogP contribution in [0.1, 0.15) is 41.3 Å². The van der Waals surface area contributed by atoms with E-state index in [9.17, 15) is 9.59 Å². The summed E-state index contributed by atoms with van der Waals surface area (Å²) >= 11 is 0. The van der Waals surface area contributed by atoms with Crippen LogP contribution in [0.2, 0.25) is 0 Å². The van der Waals surface area contributed by atoms with Crippen molar-refractivity contribution in [2.24, 2.45) is 0 Å². The number of esters is 1. The molecule has 0 aliphatic carbocycles. The molecule has 0 saturated carbocycles. The van der Waals surface area contributed by atoms with E-state index in [1.165, 1.54) is 7.11 Å². The summed E-state index contributed by atoms with van der Waals surface area (Å²) < 4.78 is 19.0. The summed E-state index contributed by atoms with van der Waals surface area (Å²) in [5, 5.41) is 3.11. The van der Waals surface area contributed by atoms with Crippen LogP contribution < -0.4 is 9.47 Å². The van der Waals surface area contributed by atoms with Gasteiger partial charge in [-0.05, 0) is 47.5 Å². The van der Waals surface area contributed by atoms with Gasteiger partial charge in [0, 0.05) is 34.7 Å². The van der Waals surface area contributed by atoms with Crippen molar-refractivity contribution in [3.8, 4) is 11.5 Å². The second-order valence-electron chi connectivity index (χ2n) is 9.68. The molecule has 0 spiro atoms. The van der Waals surface area contributed by atoms with E-state index in [-0.39, 0.29) is 18.3 Å². The third-order valence-corrected chi connectivity index (χ3v) is 6.99. The summed E-state index contributed by atoms with van der Waals surface area (Å²) in [6, 6.07) is 27.1. The summed E-state index contributed by atoms with van der Waals surface area (Å²) in [7, 11) is 1.39. The topological polar surface area (TPSA) is 66.8 Å². The Morgan fingerprint density at radius 1 is 0.775 bits per heavy atom. The van der Waals surface area contributed by atoms with Gasteiger partial charge in [-0.25, -0.2) is 0 Å². The normalized spacial score (nSPS) is 11.1. The number of benzene rings is 4. The van der Waals surface area contributed by atoms with Crippen molar-refractivity contribution in [3.63, 3.8) is 0 Å². The van der Waals surface area contributed by atoms with Crippen molar-refractivity contribution in [2.45, 2.75) is 32.7 Å². The zero-order valence-corrected chi connectivity index (χ0v) is 22.9. The number of aromatic nitrogens is 1. The predicted octanol–water partition coefficient (Wildman–Crippen LogP) is 7.00. The maximum atomic E-state index is 12.9. The first kappa shape index (κ1) is 27.0. The molecule has 6 heteroatoms. The van der Waals surface area contributed by atoms with E-state index in [0.717, 1.165) is 51.6 Å². The van der Waals surface area contributed by atoms with Crippen LogP contribution in [0.25, 0.3) is 21.7 Å². The van der Waals surface area contributed by atoms with Crippen LogP contribution in [0.5, 0.6) is 11.5 Å². The van der Waals surface area contributed by atoms with Gasteiger partial charge < -0.3 is 18.8 Å². The number of methoxy groups -OCH3 is 1. The van der Waals surface area contributed by atoms with E-state index < -0.39 is 0 Å². The number of aryl methyl sites for hydroxylation is 1. The number of ketones is 1. The molecule has 5 aromatic rings. The van der Waals surface area contributed by atoms with Crippen molar-refractivity contribution >= 4 is 33.4 Å². The van der Waals surface area contributed by atoms with Gasteiger partial charge in [-0.3, -0.25) is 9.59 Å². The molecule has 0 saturated heterocycles. The lowest BCUT2D eigenvalue weighted by atomic mass is 9.95. The smallest absolute Gasteiger partial charge is 0.325 e. The fourth-order valence-corrected chi connectivity index (χ4v) is 5.00. The van der Waals surface area contributed by atoms with Crippen molar-refractivity contribution in [3.05, 3.63) is 108 Å². The molecular formula is C34H33NO5. The zero-order chi connectivity index (χ0) is 27.9. The number of fused-ring (bicyclic) bond motifs is 2. The van der Waals surface area contributed by atoms with Crippen LogP contribution >= 0.6 is 0 Å². The highest BCUT2D eigenvalue weighted by Crippen LogP contribution is 2.31. The summed E-state index contributed by atoms with van der Waals surface area (Å²) in [4.78, 5) is 24.6. The summed E-state index contributed by atoms with van der Waals surface area (Å²) in [5.74, 6) is 1.38. The molecule has 0 atom stereocenters. The Hall–Kier alpha value is -4.58. The minimum atomic E-state index is -0.293. The molecular weight excluding hydrogens is 502 g/mol. The van der Waals surface area contributed by atoms with E-state index in [1.807, 2.05) is 95.7 Å². The predicted molar refractivity (Wildman–Crippen MR) is 157 cm³/mol. The van der Waals surface area contributed by atoms with Crippen molar-refractivity contribution in [2.75, 3.05) is 20.3 Å². The third-order valence-electron chi connectivity index (χ3n) is 6.99. The molecule has 4 aromatic carbocycles. The Morgan fingerprint density at radius 3 is 2.35 bits per heavy atom. The third kappa shape index (κ3) is 5.86. The van der Waals surface area contributed by atoms with Crippen molar-refractivity contribution in [1.29, 1.82) is 0 Å². The molecule has 0 radical (unpaired) electrons. The fraction of sp³-hybridized carbons (Fsp3) is 0.235. The summed E-state index contributed by atoms with van der Waals surface area (Å²) in [5.41, 5.74) is 3.46. The van der Waals surface area contributed by atoms with Crippen LogP contribution in [-0.4, -0.2) is 36.6 Å². The molecule has 1 heterocycles. The lowest BCUT2D eigenvalue weighted by molar-refractivity contribution is -0.141. The number of nitrogens with zero attached hydrogens (tertiary/aromatic N) is 1. The lowest BCUT2D eigenvalue weighted by Gasteiger charge is -2.15. The highest BCUT2D eigenvalue weighted by atomic mass is 16.5. The highest BCUT2D eigenvalue weighted by Gasteiger charge is 2.14. The van der Waals surface area contributed by atoms with Crippen LogP contribution in [-0.2, 0) is 22.5 Å². The molecule has 0 fully saturated rings. The maximum Gasteiger partial charge on any atom is 0.325 e. The Labute approximate surface area is 234 Å². The van der Waals surface area contributed by atoms with Gasteiger partial charge in [-0.2, -0.15) is 0 Å². The molecule has 40 heavy (non-hydrogen) atoms. The van der Waals surface area contributed by atoms with Gasteiger partial charge in [-0.15, -0.1) is 0 Å². The van der Waals surface area contributed by atoms with E-state index in [2.05, 4.69) is 6.92 Å². The standard InChI is InChI=1S/C34H33NO5/c1-3-9-28-27-16-14-26(34(37)24-10-5-4-6-11-24)22-25(27)15-17-32(28)40-21-8-20-39-31-13-7-12-30-29(31)18-19-35(30)23-33(36)38-2/h4-7,10-19,22H,3,8-9,20-21,23H2,1-2H3. The average Bonchev–Trinajstić information content (AvgIpc) is 3.40. The number of rotatable bonds is 12. The molecule has 0 amide bonds. The maximum absolute atomic E-state index is 12.9. The lowest BCUT2D eigenvalue weighted by Crippen LogP contribution is -2.10. The Balaban J connectivity index is 1.23. The van der Waals surface area contributed by atoms with Gasteiger partial charge in [0.05, 0.1) is 25.8 Å². The van der Waals surface area contributed by atoms with E-state index in [1.54, 1.807) is 0 Å². The highest BCUT2D eigenvalue weighted by molar-refractivity contribution is 6.10. The first-order chi connectivity index (χ1) is 19.6. The van der Waals surface area contributed by atoms with Gasteiger partial charge >= 0.3 is 5.97 Å². The molecule has 0 bridgehead atoms. The van der Waals surface area contributed by atoms with Crippen LogP contribution in [0.15, 0.2) is 91.1 Å².